The number of urea groups is 1. The van der Waals surface area contributed by atoms with Gasteiger partial charge in [0.1, 0.15) is 0 Å². The molecule has 0 saturated carbocycles. The first kappa shape index (κ1) is 16.8. The molecule has 0 aromatic carbocycles. The Hall–Kier alpha value is -1.52. The van der Waals surface area contributed by atoms with Crippen LogP contribution in [0.25, 0.3) is 0 Å². The Bertz CT molecular complexity index is 497. The van der Waals surface area contributed by atoms with Gasteiger partial charge >= 0.3 is 6.03 Å². The Morgan fingerprint density at radius 2 is 2.27 bits per heavy atom. The largest absolute Gasteiger partial charge is 0.338 e. The van der Waals surface area contributed by atoms with E-state index in [1.165, 1.54) is 12.1 Å². The molecule has 0 radical (unpaired) electrons. The number of hydrogen-bond donors (Lipinski definition) is 1. The van der Waals surface area contributed by atoms with Gasteiger partial charge in [0.25, 0.3) is 0 Å². The molecule has 0 aliphatic carbocycles. The van der Waals surface area contributed by atoms with Crippen molar-refractivity contribution in [2.24, 2.45) is 11.8 Å². The number of piperidine rings is 1. The van der Waals surface area contributed by atoms with E-state index in [0.29, 0.717) is 18.4 Å². The predicted molar refractivity (Wildman–Crippen MR) is 88.9 cm³/mol. The molecule has 5 nitrogen and oxygen atoms in total. The maximum Gasteiger partial charge on any atom is 0.317 e. The van der Waals surface area contributed by atoms with Crippen molar-refractivity contribution in [2.45, 2.75) is 53.5 Å². The number of aromatic nitrogens is 2. The standard InChI is InChI=1S/C17H30N4O/c1-5-16-7-6-8-20(12-16)17(22)18-10-13(2)11-21-15(4)9-14(3)19-21/h9,13,16H,5-8,10-12H2,1-4H3,(H,18,22). The van der Waals surface area contributed by atoms with E-state index in [9.17, 15) is 4.79 Å². The smallest absolute Gasteiger partial charge is 0.317 e. The quantitative estimate of drug-likeness (QED) is 0.909. The minimum atomic E-state index is 0.0957. The topological polar surface area (TPSA) is 50.2 Å². The molecule has 2 atom stereocenters. The van der Waals surface area contributed by atoms with Gasteiger partial charge in [-0.15, -0.1) is 0 Å². The summed E-state index contributed by atoms with van der Waals surface area (Å²) >= 11 is 0. The van der Waals surface area contributed by atoms with E-state index in [4.69, 9.17) is 0 Å². The highest BCUT2D eigenvalue weighted by Crippen LogP contribution is 2.19. The molecule has 22 heavy (non-hydrogen) atoms. The minimum Gasteiger partial charge on any atom is -0.338 e. The van der Waals surface area contributed by atoms with E-state index < -0.39 is 0 Å². The number of nitrogens with zero attached hydrogens (tertiary/aromatic N) is 3. The highest BCUT2D eigenvalue weighted by Gasteiger charge is 2.22. The molecule has 1 N–H and O–H groups in total. The highest BCUT2D eigenvalue weighted by atomic mass is 16.2. The fourth-order valence-electron chi connectivity index (χ4n) is 3.18. The number of rotatable bonds is 5. The summed E-state index contributed by atoms with van der Waals surface area (Å²) in [4.78, 5) is 14.3. The fourth-order valence-corrected chi connectivity index (χ4v) is 3.18. The zero-order valence-corrected chi connectivity index (χ0v) is 14.4. The van der Waals surface area contributed by atoms with Crippen LogP contribution < -0.4 is 5.32 Å². The van der Waals surface area contributed by atoms with Crippen molar-refractivity contribution in [3.05, 3.63) is 17.5 Å². The third-order valence-electron chi connectivity index (χ3n) is 4.57. The third-order valence-corrected chi connectivity index (χ3v) is 4.57. The molecule has 0 spiro atoms. The van der Waals surface area contributed by atoms with Crippen LogP contribution in [0, 0.1) is 25.7 Å². The summed E-state index contributed by atoms with van der Waals surface area (Å²) in [5, 5.41) is 7.57. The van der Waals surface area contributed by atoms with Crippen molar-refractivity contribution in [1.82, 2.24) is 20.0 Å². The Balaban J connectivity index is 1.77. The van der Waals surface area contributed by atoms with E-state index in [0.717, 1.165) is 38.2 Å². The zero-order chi connectivity index (χ0) is 16.1. The van der Waals surface area contributed by atoms with Crippen LogP contribution in [0.5, 0.6) is 0 Å². The van der Waals surface area contributed by atoms with Crippen LogP contribution >= 0.6 is 0 Å². The van der Waals surface area contributed by atoms with Crippen LogP contribution in [0.1, 0.15) is 44.5 Å². The molecule has 1 aliphatic rings. The number of carbonyl (C=O) groups is 1. The molecule has 124 valence electrons. The van der Waals surface area contributed by atoms with Gasteiger partial charge in [0, 0.05) is 31.9 Å². The van der Waals surface area contributed by atoms with Crippen molar-refractivity contribution in [2.75, 3.05) is 19.6 Å². The van der Waals surface area contributed by atoms with Crippen molar-refractivity contribution in [3.63, 3.8) is 0 Å². The average Bonchev–Trinajstić information content (AvgIpc) is 2.82. The molecule has 2 heterocycles. The maximum absolute atomic E-state index is 12.3. The lowest BCUT2D eigenvalue weighted by molar-refractivity contribution is 0.162. The first-order valence-electron chi connectivity index (χ1n) is 8.53. The molecule has 2 unspecified atom stereocenters. The van der Waals surface area contributed by atoms with E-state index >= 15 is 0 Å². The molecule has 1 aromatic heterocycles. The fraction of sp³-hybridized carbons (Fsp3) is 0.765. The molecule has 0 bridgehead atoms. The van der Waals surface area contributed by atoms with Crippen LogP contribution in [-0.4, -0.2) is 40.3 Å². The maximum atomic E-state index is 12.3. The number of likely N-dealkylation sites (tertiary alicyclic amines) is 1. The molecule has 1 aliphatic heterocycles. The Morgan fingerprint density at radius 3 is 2.91 bits per heavy atom. The zero-order valence-electron chi connectivity index (χ0n) is 14.4. The summed E-state index contributed by atoms with van der Waals surface area (Å²) in [6, 6.07) is 2.18. The molecular formula is C17H30N4O. The second-order valence-electron chi connectivity index (χ2n) is 6.76. The van der Waals surface area contributed by atoms with Gasteiger partial charge in [0.2, 0.25) is 0 Å². The van der Waals surface area contributed by atoms with Gasteiger partial charge in [-0.2, -0.15) is 5.10 Å². The SMILES string of the molecule is CCC1CCCN(C(=O)NCC(C)Cn2nc(C)cc2C)C1. The molecule has 2 amide bonds. The summed E-state index contributed by atoms with van der Waals surface area (Å²) < 4.78 is 2.03. The highest BCUT2D eigenvalue weighted by molar-refractivity contribution is 5.74. The molecule has 2 rings (SSSR count). The molecule has 1 aromatic rings. The summed E-state index contributed by atoms with van der Waals surface area (Å²) in [6.45, 7) is 11.8. The van der Waals surface area contributed by atoms with Gasteiger partial charge in [-0.1, -0.05) is 20.3 Å². The van der Waals surface area contributed by atoms with Crippen LogP contribution in [0.2, 0.25) is 0 Å². The molecular weight excluding hydrogens is 276 g/mol. The second-order valence-corrected chi connectivity index (χ2v) is 6.76. The lowest BCUT2D eigenvalue weighted by Gasteiger charge is -2.32. The summed E-state index contributed by atoms with van der Waals surface area (Å²) in [6.07, 6.45) is 3.56. The van der Waals surface area contributed by atoms with Crippen molar-refractivity contribution in [3.8, 4) is 0 Å². The summed E-state index contributed by atoms with van der Waals surface area (Å²) in [7, 11) is 0. The Morgan fingerprint density at radius 1 is 1.50 bits per heavy atom. The third kappa shape index (κ3) is 4.49. The monoisotopic (exact) mass is 306 g/mol. The summed E-state index contributed by atoms with van der Waals surface area (Å²) in [5.74, 6) is 1.04. The molecule has 1 saturated heterocycles. The van der Waals surface area contributed by atoms with Gasteiger partial charge in [-0.05, 0) is 44.6 Å². The molecule has 1 fully saturated rings. The predicted octanol–water partition coefficient (Wildman–Crippen LogP) is 2.97. The average molecular weight is 306 g/mol. The van der Waals surface area contributed by atoms with Gasteiger partial charge in [0.15, 0.2) is 0 Å². The first-order chi connectivity index (χ1) is 10.5. The van der Waals surface area contributed by atoms with Gasteiger partial charge in [-0.3, -0.25) is 4.68 Å². The van der Waals surface area contributed by atoms with E-state index in [2.05, 4.69) is 37.3 Å². The Labute approximate surface area is 134 Å². The number of hydrogen-bond acceptors (Lipinski definition) is 2. The van der Waals surface area contributed by atoms with Gasteiger partial charge in [0.05, 0.1) is 5.69 Å². The number of amides is 2. The van der Waals surface area contributed by atoms with Gasteiger partial charge < -0.3 is 10.2 Å². The van der Waals surface area contributed by atoms with Crippen LogP contribution in [0.15, 0.2) is 6.07 Å². The van der Waals surface area contributed by atoms with Gasteiger partial charge in [-0.25, -0.2) is 4.79 Å². The normalized spacial score (nSPS) is 20.0. The number of carbonyl (C=O) groups excluding carboxylic acids is 1. The van der Waals surface area contributed by atoms with E-state index in [1.807, 2.05) is 16.5 Å². The van der Waals surface area contributed by atoms with Crippen LogP contribution in [0.3, 0.4) is 0 Å². The number of nitrogens with one attached hydrogen (secondary N) is 1. The summed E-state index contributed by atoms with van der Waals surface area (Å²) in [5.41, 5.74) is 2.23. The lowest BCUT2D eigenvalue weighted by atomic mass is 9.96. The number of aryl methyl sites for hydroxylation is 2. The first-order valence-corrected chi connectivity index (χ1v) is 8.53. The lowest BCUT2D eigenvalue weighted by Crippen LogP contribution is -2.46. The van der Waals surface area contributed by atoms with Crippen molar-refractivity contribution < 1.29 is 4.79 Å². The van der Waals surface area contributed by atoms with E-state index in [-0.39, 0.29) is 6.03 Å². The second kappa shape index (κ2) is 7.65. The molecule has 5 heteroatoms. The van der Waals surface area contributed by atoms with Crippen molar-refractivity contribution >= 4 is 6.03 Å². The van der Waals surface area contributed by atoms with Crippen molar-refractivity contribution in [1.29, 1.82) is 0 Å². The van der Waals surface area contributed by atoms with E-state index in [1.54, 1.807) is 0 Å². The minimum absolute atomic E-state index is 0.0957. The Kier molecular flexibility index (Phi) is 5.86. The van der Waals surface area contributed by atoms with Crippen LogP contribution in [-0.2, 0) is 6.54 Å². The van der Waals surface area contributed by atoms with Crippen LogP contribution in [0.4, 0.5) is 4.79 Å².